The minimum atomic E-state index is -3.12. The second kappa shape index (κ2) is 7.56. The molecule has 1 heterocycles. The molecule has 0 bridgehead atoms. The number of sulfonamides is 1. The highest BCUT2D eigenvalue weighted by Crippen LogP contribution is 2.19. The number of nitrogens with one attached hydrogen (secondary N) is 1. The van der Waals surface area contributed by atoms with Gasteiger partial charge in [0, 0.05) is 32.2 Å². The first kappa shape index (κ1) is 18.4. The Balaban J connectivity index is 2.59. The normalized spacial score (nSPS) is 25.6. The predicted octanol–water partition coefficient (Wildman–Crippen LogP) is 0.503. The molecule has 6 nitrogen and oxygen atoms in total. The average Bonchev–Trinajstić information content (AvgIpc) is 2.41. The fourth-order valence-electron chi connectivity index (χ4n) is 2.86. The lowest BCUT2D eigenvalue weighted by Crippen LogP contribution is -2.55. The number of likely N-dealkylation sites (N-methyl/N-ethyl adjacent to an activating group) is 1. The monoisotopic (exact) mass is 319 g/mol. The minimum absolute atomic E-state index is 0.109. The Morgan fingerprint density at radius 2 is 1.95 bits per heavy atom. The Kier molecular flexibility index (Phi) is 6.62. The van der Waals surface area contributed by atoms with Gasteiger partial charge in [0.15, 0.2) is 0 Å². The quantitative estimate of drug-likeness (QED) is 0.774. The van der Waals surface area contributed by atoms with E-state index in [1.807, 2.05) is 32.6 Å². The van der Waals surface area contributed by atoms with Crippen molar-refractivity contribution in [2.24, 2.45) is 5.92 Å². The van der Waals surface area contributed by atoms with Crippen LogP contribution in [0.1, 0.15) is 34.1 Å². The summed E-state index contributed by atoms with van der Waals surface area (Å²) in [5.74, 6) is 0.304. The zero-order valence-corrected chi connectivity index (χ0v) is 14.6. The molecule has 124 valence electrons. The summed E-state index contributed by atoms with van der Waals surface area (Å²) in [6.45, 7) is 10.3. The molecule has 0 spiro atoms. The number of piperidine rings is 1. The molecule has 0 aromatic carbocycles. The number of nitrogens with zero attached hydrogens (tertiary/aromatic N) is 2. The van der Waals surface area contributed by atoms with Gasteiger partial charge in [0.2, 0.25) is 15.9 Å². The van der Waals surface area contributed by atoms with E-state index in [1.54, 1.807) is 0 Å². The number of hydrogen-bond donors (Lipinski definition) is 1. The third kappa shape index (κ3) is 4.93. The highest BCUT2D eigenvalue weighted by atomic mass is 32.2. The lowest BCUT2D eigenvalue weighted by Gasteiger charge is -2.37. The highest BCUT2D eigenvalue weighted by Gasteiger charge is 2.32. The summed E-state index contributed by atoms with van der Waals surface area (Å²) >= 11 is 0. The van der Waals surface area contributed by atoms with Gasteiger partial charge in [-0.05, 0) is 33.1 Å². The summed E-state index contributed by atoms with van der Waals surface area (Å²) in [7, 11) is -3.12. The van der Waals surface area contributed by atoms with Crippen molar-refractivity contribution >= 4 is 15.9 Å². The molecule has 0 radical (unpaired) electrons. The molecule has 0 unspecified atom stereocenters. The average molecular weight is 319 g/mol. The van der Waals surface area contributed by atoms with Crippen molar-refractivity contribution in [3.63, 3.8) is 0 Å². The van der Waals surface area contributed by atoms with Crippen LogP contribution in [0.4, 0.5) is 0 Å². The van der Waals surface area contributed by atoms with Gasteiger partial charge in [0.05, 0.1) is 12.3 Å². The lowest BCUT2D eigenvalue weighted by atomic mass is 9.94. The molecule has 1 aliphatic rings. The van der Waals surface area contributed by atoms with Crippen LogP contribution in [0.25, 0.3) is 0 Å². The van der Waals surface area contributed by atoms with Crippen molar-refractivity contribution in [1.82, 2.24) is 14.5 Å². The maximum atomic E-state index is 12.3. The molecule has 0 aromatic heterocycles. The number of amides is 1. The SMILES string of the molecule is CCN(CC)C(=O)[C@H](C)N[C@H]1CCN(S(C)(=O)=O)C[C@H]1C. The Morgan fingerprint density at radius 3 is 2.38 bits per heavy atom. The van der Waals surface area contributed by atoms with Gasteiger partial charge >= 0.3 is 0 Å². The Morgan fingerprint density at radius 1 is 1.38 bits per heavy atom. The van der Waals surface area contributed by atoms with E-state index in [1.165, 1.54) is 10.6 Å². The van der Waals surface area contributed by atoms with E-state index in [0.29, 0.717) is 26.2 Å². The maximum absolute atomic E-state index is 12.3. The molecule has 0 aliphatic carbocycles. The molecule has 1 fully saturated rings. The molecule has 1 N–H and O–H groups in total. The lowest BCUT2D eigenvalue weighted by molar-refractivity contribution is -0.133. The number of rotatable bonds is 6. The standard InChI is InChI=1S/C14H29N3O3S/c1-6-16(7-2)14(18)12(4)15-13-8-9-17(10-11(13)3)21(5,19)20/h11-13,15H,6-10H2,1-5H3/t11-,12+,13+/m1/s1. The first-order valence-corrected chi connectivity index (χ1v) is 9.55. The van der Waals surface area contributed by atoms with Crippen LogP contribution in [0, 0.1) is 5.92 Å². The van der Waals surface area contributed by atoms with Crippen molar-refractivity contribution in [2.75, 3.05) is 32.4 Å². The third-order valence-electron chi connectivity index (χ3n) is 4.25. The summed E-state index contributed by atoms with van der Waals surface area (Å²) in [4.78, 5) is 14.1. The summed E-state index contributed by atoms with van der Waals surface area (Å²) in [5.41, 5.74) is 0. The molecule has 21 heavy (non-hydrogen) atoms. The predicted molar refractivity (Wildman–Crippen MR) is 84.5 cm³/mol. The smallest absolute Gasteiger partial charge is 0.239 e. The maximum Gasteiger partial charge on any atom is 0.239 e. The van der Waals surface area contributed by atoms with E-state index in [-0.39, 0.29) is 23.9 Å². The molecular formula is C14H29N3O3S. The van der Waals surface area contributed by atoms with E-state index in [4.69, 9.17) is 0 Å². The van der Waals surface area contributed by atoms with E-state index < -0.39 is 10.0 Å². The highest BCUT2D eigenvalue weighted by molar-refractivity contribution is 7.88. The topological polar surface area (TPSA) is 69.7 Å². The van der Waals surface area contributed by atoms with Gasteiger partial charge < -0.3 is 10.2 Å². The van der Waals surface area contributed by atoms with Crippen LogP contribution in [0.15, 0.2) is 0 Å². The fourth-order valence-corrected chi connectivity index (χ4v) is 3.80. The molecule has 0 saturated carbocycles. The zero-order valence-electron chi connectivity index (χ0n) is 13.8. The molecule has 1 aliphatic heterocycles. The van der Waals surface area contributed by atoms with Gasteiger partial charge in [-0.2, -0.15) is 0 Å². The van der Waals surface area contributed by atoms with E-state index >= 15 is 0 Å². The van der Waals surface area contributed by atoms with Crippen molar-refractivity contribution in [1.29, 1.82) is 0 Å². The molecule has 0 aromatic rings. The van der Waals surface area contributed by atoms with Crippen molar-refractivity contribution < 1.29 is 13.2 Å². The van der Waals surface area contributed by atoms with Crippen LogP contribution < -0.4 is 5.32 Å². The van der Waals surface area contributed by atoms with E-state index in [9.17, 15) is 13.2 Å². The second-order valence-electron chi connectivity index (χ2n) is 5.89. The summed E-state index contributed by atoms with van der Waals surface area (Å²) < 4.78 is 24.7. The molecule has 3 atom stereocenters. The largest absolute Gasteiger partial charge is 0.342 e. The van der Waals surface area contributed by atoms with Gasteiger partial charge in [0.1, 0.15) is 0 Å². The van der Waals surface area contributed by atoms with Crippen LogP contribution in [0.5, 0.6) is 0 Å². The molecular weight excluding hydrogens is 290 g/mol. The van der Waals surface area contributed by atoms with Gasteiger partial charge in [-0.3, -0.25) is 4.79 Å². The first-order chi connectivity index (χ1) is 9.70. The Hall–Kier alpha value is -0.660. The van der Waals surface area contributed by atoms with Gasteiger partial charge in [-0.1, -0.05) is 6.92 Å². The minimum Gasteiger partial charge on any atom is -0.342 e. The van der Waals surface area contributed by atoms with Gasteiger partial charge in [-0.25, -0.2) is 12.7 Å². The van der Waals surface area contributed by atoms with Crippen LogP contribution in [-0.2, 0) is 14.8 Å². The number of carbonyl (C=O) groups is 1. The Bertz CT molecular complexity index is 448. The zero-order chi connectivity index (χ0) is 16.2. The van der Waals surface area contributed by atoms with E-state index in [2.05, 4.69) is 5.32 Å². The summed E-state index contributed by atoms with van der Waals surface area (Å²) in [6.07, 6.45) is 1.99. The van der Waals surface area contributed by atoms with Crippen molar-refractivity contribution in [3.05, 3.63) is 0 Å². The van der Waals surface area contributed by atoms with Crippen LogP contribution in [0.2, 0.25) is 0 Å². The van der Waals surface area contributed by atoms with Crippen molar-refractivity contribution in [2.45, 2.75) is 46.2 Å². The van der Waals surface area contributed by atoms with Crippen molar-refractivity contribution in [3.8, 4) is 0 Å². The van der Waals surface area contributed by atoms with Crippen LogP contribution >= 0.6 is 0 Å². The second-order valence-corrected chi connectivity index (χ2v) is 7.87. The fraction of sp³-hybridized carbons (Fsp3) is 0.929. The number of carbonyl (C=O) groups excluding carboxylic acids is 1. The van der Waals surface area contributed by atoms with Gasteiger partial charge in [-0.15, -0.1) is 0 Å². The summed E-state index contributed by atoms with van der Waals surface area (Å²) in [5, 5.41) is 3.38. The van der Waals surface area contributed by atoms with Crippen LogP contribution in [0.3, 0.4) is 0 Å². The molecule has 1 rings (SSSR count). The molecule has 7 heteroatoms. The summed E-state index contributed by atoms with van der Waals surface area (Å²) in [6, 6.07) is -0.0559. The van der Waals surface area contributed by atoms with E-state index in [0.717, 1.165) is 6.42 Å². The molecule has 1 amide bonds. The van der Waals surface area contributed by atoms with Crippen LogP contribution in [-0.4, -0.2) is 68.0 Å². The molecule has 1 saturated heterocycles. The first-order valence-electron chi connectivity index (χ1n) is 7.70. The third-order valence-corrected chi connectivity index (χ3v) is 5.52. The van der Waals surface area contributed by atoms with Gasteiger partial charge in [0.25, 0.3) is 0 Å². The Labute approximate surface area is 128 Å². The number of hydrogen-bond acceptors (Lipinski definition) is 4.